The van der Waals surface area contributed by atoms with Gasteiger partial charge >= 0.3 is 0 Å². The Labute approximate surface area is 213 Å². The molecule has 188 valence electrons. The van der Waals surface area contributed by atoms with Gasteiger partial charge in [0.1, 0.15) is 5.82 Å². The highest BCUT2D eigenvalue weighted by Gasteiger charge is 2.12. The molecule has 1 aromatic heterocycles. The third kappa shape index (κ3) is 6.25. The molecule has 0 aliphatic heterocycles. The summed E-state index contributed by atoms with van der Waals surface area (Å²) in [4.78, 5) is 17.5. The van der Waals surface area contributed by atoms with Gasteiger partial charge in [-0.25, -0.2) is 4.98 Å². The fourth-order valence-corrected chi connectivity index (χ4v) is 4.47. The van der Waals surface area contributed by atoms with Gasteiger partial charge in [0, 0.05) is 25.1 Å². The number of nitrogens with one attached hydrogen (secondary N) is 1. The lowest BCUT2D eigenvalue weighted by Gasteiger charge is -2.12. The van der Waals surface area contributed by atoms with Crippen LogP contribution in [0.2, 0.25) is 0 Å². The number of methoxy groups -OCH3 is 1. The van der Waals surface area contributed by atoms with Crippen LogP contribution in [0.3, 0.4) is 0 Å². The number of amides is 1. The first-order chi connectivity index (χ1) is 17.6. The molecule has 1 amide bonds. The number of hydrogen-bond acceptors (Lipinski definition) is 4. The molecule has 6 heteroatoms. The number of rotatable bonds is 12. The Balaban J connectivity index is 1.30. The molecule has 0 atom stereocenters. The molecular formula is C30H35N3O3. The van der Waals surface area contributed by atoms with Crippen LogP contribution in [0.4, 0.5) is 0 Å². The average Bonchev–Trinajstić information content (AvgIpc) is 3.23. The van der Waals surface area contributed by atoms with Crippen molar-refractivity contribution in [3.63, 3.8) is 0 Å². The highest BCUT2D eigenvalue weighted by Crippen LogP contribution is 2.26. The van der Waals surface area contributed by atoms with E-state index in [1.807, 2.05) is 62.4 Å². The lowest BCUT2D eigenvalue weighted by Crippen LogP contribution is -2.25. The normalized spacial score (nSPS) is 11.0. The number of para-hydroxylation sites is 4. The van der Waals surface area contributed by atoms with E-state index < -0.39 is 0 Å². The molecule has 4 aromatic rings. The summed E-state index contributed by atoms with van der Waals surface area (Å²) >= 11 is 0. The zero-order valence-electron chi connectivity index (χ0n) is 21.4. The molecule has 0 saturated heterocycles. The molecule has 0 fully saturated rings. The van der Waals surface area contributed by atoms with Crippen molar-refractivity contribution in [2.45, 2.75) is 46.1 Å². The van der Waals surface area contributed by atoms with Crippen LogP contribution in [0, 0.1) is 13.8 Å². The predicted octanol–water partition coefficient (Wildman–Crippen LogP) is 5.88. The summed E-state index contributed by atoms with van der Waals surface area (Å²) in [6, 6.07) is 21.9. The van der Waals surface area contributed by atoms with Gasteiger partial charge in [0.2, 0.25) is 0 Å². The van der Waals surface area contributed by atoms with Gasteiger partial charge in [0.25, 0.3) is 5.91 Å². The second-order valence-electron chi connectivity index (χ2n) is 9.05. The summed E-state index contributed by atoms with van der Waals surface area (Å²) in [5, 5.41) is 3.06. The van der Waals surface area contributed by atoms with E-state index in [-0.39, 0.29) is 5.91 Å². The third-order valence-corrected chi connectivity index (χ3v) is 6.33. The van der Waals surface area contributed by atoms with Crippen molar-refractivity contribution in [1.82, 2.24) is 14.9 Å². The first kappa shape index (κ1) is 25.3. The topological polar surface area (TPSA) is 65.4 Å². The molecule has 6 nitrogen and oxygen atoms in total. The minimum absolute atomic E-state index is 0.0175. The zero-order valence-corrected chi connectivity index (χ0v) is 21.4. The summed E-state index contributed by atoms with van der Waals surface area (Å²) in [5.41, 5.74) is 5.07. The Hall–Kier alpha value is -3.80. The first-order valence-corrected chi connectivity index (χ1v) is 12.6. The molecule has 0 aliphatic rings. The fourth-order valence-electron chi connectivity index (χ4n) is 4.47. The van der Waals surface area contributed by atoms with Crippen LogP contribution in [-0.4, -0.2) is 35.7 Å². The number of carbonyl (C=O) groups excluding carboxylic acids is 1. The lowest BCUT2D eigenvalue weighted by atomic mass is 10.1. The average molecular weight is 486 g/mol. The molecule has 4 rings (SSSR count). The number of hydrogen-bond donors (Lipinski definition) is 1. The maximum Gasteiger partial charge on any atom is 0.251 e. The quantitative estimate of drug-likeness (QED) is 0.254. The van der Waals surface area contributed by atoms with Gasteiger partial charge in [0.05, 0.1) is 24.8 Å². The van der Waals surface area contributed by atoms with E-state index >= 15 is 0 Å². The molecule has 0 spiro atoms. The van der Waals surface area contributed by atoms with Crippen LogP contribution in [0.5, 0.6) is 11.5 Å². The van der Waals surface area contributed by atoms with Crippen LogP contribution >= 0.6 is 0 Å². The van der Waals surface area contributed by atoms with Crippen LogP contribution < -0.4 is 14.8 Å². The number of aryl methyl sites for hydroxylation is 4. The maximum absolute atomic E-state index is 12.6. The van der Waals surface area contributed by atoms with E-state index in [1.165, 1.54) is 0 Å². The number of aromatic nitrogens is 2. The molecule has 1 N–H and O–H groups in total. The van der Waals surface area contributed by atoms with Gasteiger partial charge in [-0.05, 0) is 69.0 Å². The summed E-state index contributed by atoms with van der Waals surface area (Å²) in [7, 11) is 1.66. The highest BCUT2D eigenvalue weighted by atomic mass is 16.5. The van der Waals surface area contributed by atoms with Gasteiger partial charge in [-0.1, -0.05) is 42.0 Å². The van der Waals surface area contributed by atoms with Crippen LogP contribution in [-0.2, 0) is 13.0 Å². The molecule has 1 heterocycles. The largest absolute Gasteiger partial charge is 0.493 e. The Morgan fingerprint density at radius 2 is 1.72 bits per heavy atom. The van der Waals surface area contributed by atoms with E-state index in [2.05, 4.69) is 28.1 Å². The minimum Gasteiger partial charge on any atom is -0.493 e. The Kier molecular flexibility index (Phi) is 8.61. The van der Waals surface area contributed by atoms with Crippen molar-refractivity contribution in [2.24, 2.45) is 0 Å². The van der Waals surface area contributed by atoms with Crippen molar-refractivity contribution in [1.29, 1.82) is 0 Å². The first-order valence-electron chi connectivity index (χ1n) is 12.6. The predicted molar refractivity (Wildman–Crippen MR) is 144 cm³/mol. The van der Waals surface area contributed by atoms with Crippen molar-refractivity contribution in [3.05, 3.63) is 89.2 Å². The second kappa shape index (κ2) is 12.2. The molecule has 0 saturated carbocycles. The third-order valence-electron chi connectivity index (χ3n) is 6.33. The molecular weight excluding hydrogens is 450 g/mol. The van der Waals surface area contributed by atoms with Crippen molar-refractivity contribution < 1.29 is 14.3 Å². The van der Waals surface area contributed by atoms with Crippen molar-refractivity contribution >= 4 is 16.9 Å². The molecule has 3 aromatic carbocycles. The molecule has 0 bridgehead atoms. The van der Waals surface area contributed by atoms with E-state index in [0.717, 1.165) is 77.3 Å². The standard InChI is InChI=1S/C30H35N3O3/c1-22-16-17-24(23(2)21-22)30(34)31-18-10-15-29-32-25-11-4-5-12-26(25)33(29)19-8-9-20-36-28-14-7-6-13-27(28)35-3/h4-7,11-14,16-17,21H,8-10,15,18-20H2,1-3H3,(H,31,34). The zero-order chi connectivity index (χ0) is 25.3. The minimum atomic E-state index is -0.0175. The monoisotopic (exact) mass is 485 g/mol. The highest BCUT2D eigenvalue weighted by molar-refractivity contribution is 5.95. The Morgan fingerprint density at radius 3 is 2.53 bits per heavy atom. The van der Waals surface area contributed by atoms with E-state index in [1.54, 1.807) is 7.11 Å². The number of unbranched alkanes of at least 4 members (excludes halogenated alkanes) is 1. The van der Waals surface area contributed by atoms with Gasteiger partial charge in [-0.15, -0.1) is 0 Å². The Bertz CT molecular complexity index is 1310. The number of nitrogens with zero attached hydrogens (tertiary/aromatic N) is 2. The summed E-state index contributed by atoms with van der Waals surface area (Å²) in [6.45, 7) is 6.13. The molecule has 0 aliphatic carbocycles. The van der Waals surface area contributed by atoms with E-state index in [9.17, 15) is 4.79 Å². The fraction of sp³-hybridized carbons (Fsp3) is 0.333. The number of benzene rings is 3. The number of fused-ring (bicyclic) bond motifs is 1. The number of imidazole rings is 1. The van der Waals surface area contributed by atoms with Gasteiger partial charge in [-0.3, -0.25) is 4.79 Å². The van der Waals surface area contributed by atoms with E-state index in [4.69, 9.17) is 14.5 Å². The van der Waals surface area contributed by atoms with Crippen LogP contribution in [0.25, 0.3) is 11.0 Å². The molecule has 0 radical (unpaired) electrons. The molecule has 0 unspecified atom stereocenters. The van der Waals surface area contributed by atoms with Gasteiger partial charge in [0.15, 0.2) is 11.5 Å². The molecule has 36 heavy (non-hydrogen) atoms. The summed E-state index contributed by atoms with van der Waals surface area (Å²) in [5.74, 6) is 2.57. The van der Waals surface area contributed by atoms with Crippen LogP contribution in [0.1, 0.15) is 46.6 Å². The second-order valence-corrected chi connectivity index (χ2v) is 9.05. The van der Waals surface area contributed by atoms with Crippen LogP contribution in [0.15, 0.2) is 66.7 Å². The van der Waals surface area contributed by atoms with Crippen molar-refractivity contribution in [3.8, 4) is 11.5 Å². The smallest absolute Gasteiger partial charge is 0.251 e. The summed E-state index contributed by atoms with van der Waals surface area (Å²) in [6.07, 6.45) is 3.54. The Morgan fingerprint density at radius 1 is 0.944 bits per heavy atom. The van der Waals surface area contributed by atoms with Crippen molar-refractivity contribution in [2.75, 3.05) is 20.3 Å². The maximum atomic E-state index is 12.6. The number of carbonyl (C=O) groups is 1. The van der Waals surface area contributed by atoms with E-state index in [0.29, 0.717) is 13.2 Å². The lowest BCUT2D eigenvalue weighted by molar-refractivity contribution is 0.0952. The number of ether oxygens (including phenoxy) is 2. The van der Waals surface area contributed by atoms with Gasteiger partial charge < -0.3 is 19.4 Å². The summed E-state index contributed by atoms with van der Waals surface area (Å²) < 4.78 is 13.6. The van der Waals surface area contributed by atoms with Gasteiger partial charge in [-0.2, -0.15) is 0 Å². The SMILES string of the molecule is COc1ccccc1OCCCCn1c(CCCNC(=O)c2ccc(C)cc2C)nc2ccccc21.